The Balaban J connectivity index is 2.24. The van der Waals surface area contributed by atoms with E-state index in [-0.39, 0.29) is 12.2 Å². The highest BCUT2D eigenvalue weighted by molar-refractivity contribution is 9.10. The van der Waals surface area contributed by atoms with Crippen molar-refractivity contribution in [3.05, 3.63) is 56.6 Å². The van der Waals surface area contributed by atoms with Crippen molar-refractivity contribution in [3.8, 4) is 5.75 Å². The van der Waals surface area contributed by atoms with Crippen LogP contribution in [0.4, 0.5) is 11.4 Å². The summed E-state index contributed by atoms with van der Waals surface area (Å²) in [4.78, 5) is 16.8. The third kappa shape index (κ3) is 3.98. The van der Waals surface area contributed by atoms with Crippen molar-refractivity contribution in [2.24, 2.45) is 0 Å². The van der Waals surface area contributed by atoms with Crippen LogP contribution in [0, 0.1) is 0 Å². The van der Waals surface area contributed by atoms with Crippen LogP contribution in [-0.2, 0) is 4.74 Å². The van der Waals surface area contributed by atoms with Gasteiger partial charge in [-0.15, -0.1) is 0 Å². The predicted molar refractivity (Wildman–Crippen MR) is 112 cm³/mol. The van der Waals surface area contributed by atoms with Crippen LogP contribution in [0.5, 0.6) is 5.75 Å². The van der Waals surface area contributed by atoms with Gasteiger partial charge in [-0.2, -0.15) is 0 Å². The van der Waals surface area contributed by atoms with Gasteiger partial charge in [0.05, 0.1) is 45.1 Å². The van der Waals surface area contributed by atoms with E-state index in [1.54, 1.807) is 38.3 Å². The molecule has 0 atom stereocenters. The van der Waals surface area contributed by atoms with Gasteiger partial charge in [0.15, 0.2) is 0 Å². The Labute approximate surface area is 174 Å². The van der Waals surface area contributed by atoms with Crippen LogP contribution in [0.25, 0.3) is 10.9 Å². The zero-order valence-electron chi connectivity index (χ0n) is 14.5. The molecular formula is C19H15BrCl2N2O3. The van der Waals surface area contributed by atoms with Crippen LogP contribution in [0.15, 0.2) is 41.0 Å². The van der Waals surface area contributed by atoms with Gasteiger partial charge in [0.2, 0.25) is 0 Å². The van der Waals surface area contributed by atoms with Crippen molar-refractivity contribution in [2.75, 3.05) is 19.0 Å². The first-order valence-electron chi connectivity index (χ1n) is 8.00. The summed E-state index contributed by atoms with van der Waals surface area (Å²) in [7, 11) is 1.57. The molecule has 0 amide bonds. The molecule has 1 aromatic heterocycles. The molecule has 0 unspecified atom stereocenters. The van der Waals surface area contributed by atoms with E-state index in [9.17, 15) is 4.79 Å². The maximum absolute atomic E-state index is 12.5. The summed E-state index contributed by atoms with van der Waals surface area (Å²) >= 11 is 15.9. The molecule has 1 heterocycles. The largest absolute Gasteiger partial charge is 0.495 e. The van der Waals surface area contributed by atoms with Crippen LogP contribution in [0.1, 0.15) is 17.3 Å². The maximum Gasteiger partial charge on any atom is 0.341 e. The van der Waals surface area contributed by atoms with Crippen LogP contribution in [0.3, 0.4) is 0 Å². The van der Waals surface area contributed by atoms with E-state index in [0.717, 1.165) is 4.47 Å². The molecular weight excluding hydrogens is 455 g/mol. The summed E-state index contributed by atoms with van der Waals surface area (Å²) in [5.41, 5.74) is 2.02. The molecule has 3 aromatic rings. The van der Waals surface area contributed by atoms with Crippen LogP contribution in [0.2, 0.25) is 10.0 Å². The number of pyridine rings is 1. The molecule has 1 N–H and O–H groups in total. The van der Waals surface area contributed by atoms with Gasteiger partial charge in [-0.1, -0.05) is 29.3 Å². The fourth-order valence-electron chi connectivity index (χ4n) is 2.58. The number of nitrogens with one attached hydrogen (secondary N) is 1. The average Bonchev–Trinajstić information content (AvgIpc) is 2.65. The Morgan fingerprint density at radius 3 is 2.78 bits per heavy atom. The third-order valence-corrected chi connectivity index (χ3v) is 5.29. The van der Waals surface area contributed by atoms with E-state index in [0.29, 0.717) is 38.1 Å². The van der Waals surface area contributed by atoms with Gasteiger partial charge in [0.1, 0.15) is 11.3 Å². The highest BCUT2D eigenvalue weighted by Crippen LogP contribution is 2.38. The molecule has 0 aliphatic carbocycles. The van der Waals surface area contributed by atoms with Crippen LogP contribution in [-0.4, -0.2) is 24.7 Å². The van der Waals surface area contributed by atoms with E-state index >= 15 is 0 Å². The topological polar surface area (TPSA) is 60.5 Å². The molecule has 0 spiro atoms. The summed E-state index contributed by atoms with van der Waals surface area (Å²) in [5, 5.41) is 4.66. The summed E-state index contributed by atoms with van der Waals surface area (Å²) in [5.74, 6) is 0.144. The number of anilines is 2. The molecule has 140 valence electrons. The first kappa shape index (κ1) is 19.7. The normalized spacial score (nSPS) is 10.7. The molecule has 0 radical (unpaired) electrons. The second-order valence-corrected chi connectivity index (χ2v) is 7.14. The van der Waals surface area contributed by atoms with Crippen molar-refractivity contribution < 1.29 is 14.3 Å². The van der Waals surface area contributed by atoms with Gasteiger partial charge in [-0.05, 0) is 41.1 Å². The van der Waals surface area contributed by atoms with E-state index in [2.05, 4.69) is 26.2 Å². The Bertz CT molecular complexity index is 1030. The zero-order chi connectivity index (χ0) is 19.6. The van der Waals surface area contributed by atoms with E-state index in [4.69, 9.17) is 32.7 Å². The molecule has 0 fully saturated rings. The van der Waals surface area contributed by atoms with Gasteiger partial charge in [0.25, 0.3) is 0 Å². The van der Waals surface area contributed by atoms with Crippen LogP contribution < -0.4 is 10.1 Å². The number of hydrogen-bond acceptors (Lipinski definition) is 5. The smallest absolute Gasteiger partial charge is 0.341 e. The molecule has 0 bridgehead atoms. The quantitative estimate of drug-likeness (QED) is 0.448. The van der Waals surface area contributed by atoms with E-state index in [1.165, 1.54) is 6.20 Å². The first-order chi connectivity index (χ1) is 13.0. The summed E-state index contributed by atoms with van der Waals surface area (Å²) in [6.07, 6.45) is 1.47. The van der Waals surface area contributed by atoms with Crippen LogP contribution >= 0.6 is 39.1 Å². The molecule has 0 aliphatic rings. The molecule has 0 aliphatic heterocycles. The second kappa shape index (κ2) is 8.33. The van der Waals surface area contributed by atoms with Crippen molar-refractivity contribution in [1.82, 2.24) is 4.98 Å². The van der Waals surface area contributed by atoms with E-state index < -0.39 is 5.97 Å². The van der Waals surface area contributed by atoms with Gasteiger partial charge in [-0.3, -0.25) is 4.98 Å². The molecule has 8 heteroatoms. The standard InChI is InChI=1S/C19H15BrCl2N2O3/c1-3-27-19(25)11-9-23-15-8-16(26-2)12(20)7-10(15)18(11)24-14-6-4-5-13(21)17(14)22/h4-9H,3H2,1-2H3,(H,23,24). The number of nitrogens with zero attached hydrogens (tertiary/aromatic N) is 1. The predicted octanol–water partition coefficient (Wildman–Crippen LogP) is 6.23. The Kier molecular flexibility index (Phi) is 6.09. The lowest BCUT2D eigenvalue weighted by atomic mass is 10.1. The van der Waals surface area contributed by atoms with Crippen molar-refractivity contribution in [2.45, 2.75) is 6.92 Å². The van der Waals surface area contributed by atoms with Gasteiger partial charge in [-0.25, -0.2) is 4.79 Å². The van der Waals surface area contributed by atoms with Crippen molar-refractivity contribution in [3.63, 3.8) is 0 Å². The highest BCUT2D eigenvalue weighted by Gasteiger charge is 2.19. The minimum Gasteiger partial charge on any atom is -0.495 e. The fraction of sp³-hybridized carbons (Fsp3) is 0.158. The first-order valence-corrected chi connectivity index (χ1v) is 9.55. The Morgan fingerprint density at radius 2 is 2.07 bits per heavy atom. The number of halogens is 3. The van der Waals surface area contributed by atoms with Crippen molar-refractivity contribution >= 4 is 67.4 Å². The molecule has 0 saturated heterocycles. The molecule has 5 nitrogen and oxygen atoms in total. The number of rotatable bonds is 5. The fourth-order valence-corrected chi connectivity index (χ4v) is 3.44. The lowest BCUT2D eigenvalue weighted by Crippen LogP contribution is -2.09. The van der Waals surface area contributed by atoms with Gasteiger partial charge >= 0.3 is 5.97 Å². The third-order valence-electron chi connectivity index (χ3n) is 3.85. The minimum atomic E-state index is -0.487. The second-order valence-electron chi connectivity index (χ2n) is 5.50. The Hall–Kier alpha value is -2.02. The number of methoxy groups -OCH3 is 1. The van der Waals surface area contributed by atoms with E-state index in [1.807, 2.05) is 6.07 Å². The summed E-state index contributed by atoms with van der Waals surface area (Å²) in [6, 6.07) is 8.83. The Morgan fingerprint density at radius 1 is 1.30 bits per heavy atom. The number of benzene rings is 2. The SMILES string of the molecule is CCOC(=O)c1cnc2cc(OC)c(Br)cc2c1Nc1cccc(Cl)c1Cl. The lowest BCUT2D eigenvalue weighted by Gasteiger charge is -2.16. The number of esters is 1. The number of ether oxygens (including phenoxy) is 2. The monoisotopic (exact) mass is 468 g/mol. The van der Waals surface area contributed by atoms with Gasteiger partial charge < -0.3 is 14.8 Å². The number of fused-ring (bicyclic) bond motifs is 1. The minimum absolute atomic E-state index is 0.251. The summed E-state index contributed by atoms with van der Waals surface area (Å²) in [6.45, 7) is 2.00. The number of carbonyl (C=O) groups excluding carboxylic acids is 1. The molecule has 2 aromatic carbocycles. The number of aromatic nitrogens is 1. The zero-order valence-corrected chi connectivity index (χ0v) is 17.6. The molecule has 27 heavy (non-hydrogen) atoms. The van der Waals surface area contributed by atoms with Gasteiger partial charge in [0, 0.05) is 17.6 Å². The molecule has 3 rings (SSSR count). The lowest BCUT2D eigenvalue weighted by molar-refractivity contribution is 0.0527. The number of hydrogen-bond donors (Lipinski definition) is 1. The summed E-state index contributed by atoms with van der Waals surface area (Å²) < 4.78 is 11.2. The maximum atomic E-state index is 12.5. The number of carbonyl (C=O) groups is 1. The van der Waals surface area contributed by atoms with Crippen molar-refractivity contribution in [1.29, 1.82) is 0 Å². The highest BCUT2D eigenvalue weighted by atomic mass is 79.9. The molecule has 0 saturated carbocycles. The average molecular weight is 470 g/mol.